The highest BCUT2D eigenvalue weighted by atomic mass is 19.1. The second kappa shape index (κ2) is 7.59. The first-order valence-electron chi connectivity index (χ1n) is 7.84. The number of aromatic amines is 1. The number of benzene rings is 2. The molecule has 0 unspecified atom stereocenters. The molecule has 1 aromatic heterocycles. The van der Waals surface area contributed by atoms with Crippen molar-refractivity contribution in [2.75, 3.05) is 13.2 Å². The highest BCUT2D eigenvalue weighted by Gasteiger charge is 2.12. The Balaban J connectivity index is 1.39. The molecule has 1 amide bonds. The topological polar surface area (TPSA) is 67.0 Å². The monoisotopic (exact) mass is 327 g/mol. The maximum Gasteiger partial charge on any atom is 0.272 e. The number of ether oxygens (including phenoxy) is 1. The minimum Gasteiger partial charge on any atom is -0.494 e. The van der Waals surface area contributed by atoms with Crippen LogP contribution in [0.3, 0.4) is 0 Å². The van der Waals surface area contributed by atoms with Crippen molar-refractivity contribution in [1.82, 2.24) is 15.5 Å². The number of hydrogen-bond donors (Lipinski definition) is 2. The van der Waals surface area contributed by atoms with Crippen molar-refractivity contribution >= 4 is 16.8 Å². The maximum atomic E-state index is 12.8. The normalized spacial score (nSPS) is 10.7. The van der Waals surface area contributed by atoms with Gasteiger partial charge in [-0.05, 0) is 43.2 Å². The van der Waals surface area contributed by atoms with E-state index in [9.17, 15) is 9.18 Å². The van der Waals surface area contributed by atoms with E-state index in [1.165, 1.54) is 12.1 Å². The number of nitrogens with zero attached hydrogens (tertiary/aromatic N) is 1. The van der Waals surface area contributed by atoms with Crippen LogP contribution in [-0.4, -0.2) is 29.3 Å². The number of aromatic nitrogens is 2. The highest BCUT2D eigenvalue weighted by Crippen LogP contribution is 2.15. The fourth-order valence-electron chi connectivity index (χ4n) is 2.37. The molecule has 1 heterocycles. The molecule has 0 bridgehead atoms. The Hall–Kier alpha value is -2.89. The molecule has 2 aromatic carbocycles. The van der Waals surface area contributed by atoms with Crippen molar-refractivity contribution in [3.05, 3.63) is 60.0 Å². The maximum absolute atomic E-state index is 12.8. The summed E-state index contributed by atoms with van der Waals surface area (Å²) < 4.78 is 18.3. The highest BCUT2D eigenvalue weighted by molar-refractivity contribution is 6.04. The van der Waals surface area contributed by atoms with Crippen LogP contribution in [0.5, 0.6) is 5.75 Å². The zero-order valence-electron chi connectivity index (χ0n) is 13.1. The molecule has 3 rings (SSSR count). The Morgan fingerprint density at radius 2 is 1.92 bits per heavy atom. The minimum absolute atomic E-state index is 0.188. The lowest BCUT2D eigenvalue weighted by Gasteiger charge is -2.06. The van der Waals surface area contributed by atoms with Crippen molar-refractivity contribution in [3.8, 4) is 5.75 Å². The lowest BCUT2D eigenvalue weighted by Crippen LogP contribution is -2.25. The van der Waals surface area contributed by atoms with Crippen LogP contribution in [0.25, 0.3) is 10.9 Å². The predicted molar refractivity (Wildman–Crippen MR) is 89.6 cm³/mol. The first-order chi connectivity index (χ1) is 11.7. The summed E-state index contributed by atoms with van der Waals surface area (Å²) in [4.78, 5) is 12.1. The molecule has 0 saturated carbocycles. The fraction of sp³-hybridized carbons (Fsp3) is 0.222. The summed E-state index contributed by atoms with van der Waals surface area (Å²) in [6, 6.07) is 13.4. The molecule has 0 aliphatic rings. The average molecular weight is 327 g/mol. The summed E-state index contributed by atoms with van der Waals surface area (Å²) >= 11 is 0. The fourth-order valence-corrected chi connectivity index (χ4v) is 2.37. The molecule has 5 nitrogen and oxygen atoms in total. The number of carbonyl (C=O) groups is 1. The van der Waals surface area contributed by atoms with Gasteiger partial charge in [-0.3, -0.25) is 9.89 Å². The number of rotatable bonds is 7. The van der Waals surface area contributed by atoms with E-state index in [1.807, 2.05) is 24.3 Å². The Kier molecular flexibility index (Phi) is 5.05. The Labute approximate surface area is 138 Å². The van der Waals surface area contributed by atoms with Gasteiger partial charge in [-0.25, -0.2) is 4.39 Å². The second-order valence-corrected chi connectivity index (χ2v) is 5.38. The third-order valence-electron chi connectivity index (χ3n) is 3.62. The van der Waals surface area contributed by atoms with Gasteiger partial charge in [0, 0.05) is 11.9 Å². The van der Waals surface area contributed by atoms with Gasteiger partial charge in [-0.15, -0.1) is 0 Å². The largest absolute Gasteiger partial charge is 0.494 e. The van der Waals surface area contributed by atoms with Gasteiger partial charge < -0.3 is 10.1 Å². The number of carbonyl (C=O) groups excluding carboxylic acids is 1. The Morgan fingerprint density at radius 1 is 1.12 bits per heavy atom. The first-order valence-corrected chi connectivity index (χ1v) is 7.84. The Morgan fingerprint density at radius 3 is 2.75 bits per heavy atom. The molecular weight excluding hydrogens is 309 g/mol. The lowest BCUT2D eigenvalue weighted by atomic mass is 10.2. The van der Waals surface area contributed by atoms with Gasteiger partial charge in [0.1, 0.15) is 11.6 Å². The number of halogens is 1. The molecule has 0 saturated heterocycles. The van der Waals surface area contributed by atoms with E-state index in [4.69, 9.17) is 4.74 Å². The van der Waals surface area contributed by atoms with Crippen molar-refractivity contribution < 1.29 is 13.9 Å². The van der Waals surface area contributed by atoms with Crippen LogP contribution in [0.4, 0.5) is 4.39 Å². The summed E-state index contributed by atoms with van der Waals surface area (Å²) in [5.41, 5.74) is 1.25. The van der Waals surface area contributed by atoms with E-state index >= 15 is 0 Å². The summed E-state index contributed by atoms with van der Waals surface area (Å²) in [5.74, 6) is 0.172. The lowest BCUT2D eigenvalue weighted by molar-refractivity contribution is 0.0949. The van der Waals surface area contributed by atoms with E-state index in [0.29, 0.717) is 24.6 Å². The van der Waals surface area contributed by atoms with Crippen LogP contribution in [0.2, 0.25) is 0 Å². The van der Waals surface area contributed by atoms with Gasteiger partial charge in [0.15, 0.2) is 5.69 Å². The molecule has 3 aromatic rings. The molecule has 0 aliphatic heterocycles. The number of amides is 1. The number of hydrogen-bond acceptors (Lipinski definition) is 3. The molecule has 0 radical (unpaired) electrons. The average Bonchev–Trinajstić information content (AvgIpc) is 3.03. The van der Waals surface area contributed by atoms with Gasteiger partial charge in [0.2, 0.25) is 0 Å². The van der Waals surface area contributed by atoms with Gasteiger partial charge in [0.05, 0.1) is 12.1 Å². The number of para-hydroxylation sites is 1. The smallest absolute Gasteiger partial charge is 0.272 e. The molecule has 24 heavy (non-hydrogen) atoms. The van der Waals surface area contributed by atoms with E-state index < -0.39 is 0 Å². The molecular formula is C18H18FN3O2. The van der Waals surface area contributed by atoms with E-state index in [1.54, 1.807) is 12.1 Å². The van der Waals surface area contributed by atoms with Crippen molar-refractivity contribution in [3.63, 3.8) is 0 Å². The summed E-state index contributed by atoms with van der Waals surface area (Å²) in [7, 11) is 0. The number of nitrogens with one attached hydrogen (secondary N) is 2. The predicted octanol–water partition coefficient (Wildman–Crippen LogP) is 3.29. The number of H-pyrrole nitrogens is 1. The molecule has 6 heteroatoms. The van der Waals surface area contributed by atoms with Gasteiger partial charge in [-0.2, -0.15) is 5.10 Å². The summed E-state index contributed by atoms with van der Waals surface area (Å²) in [6.07, 6.45) is 1.58. The summed E-state index contributed by atoms with van der Waals surface area (Å²) in [5, 5.41) is 10.6. The van der Waals surface area contributed by atoms with E-state index in [-0.39, 0.29) is 11.7 Å². The number of unbranched alkanes of at least 4 members (excludes halogenated alkanes) is 1. The van der Waals surface area contributed by atoms with Crippen LogP contribution in [0, 0.1) is 5.82 Å². The van der Waals surface area contributed by atoms with Gasteiger partial charge >= 0.3 is 0 Å². The van der Waals surface area contributed by atoms with E-state index in [0.717, 1.165) is 23.7 Å². The molecule has 0 fully saturated rings. The van der Waals surface area contributed by atoms with Crippen LogP contribution >= 0.6 is 0 Å². The first kappa shape index (κ1) is 16.0. The van der Waals surface area contributed by atoms with Crippen LogP contribution in [0.15, 0.2) is 48.5 Å². The molecule has 0 atom stereocenters. The van der Waals surface area contributed by atoms with Crippen LogP contribution in [-0.2, 0) is 0 Å². The molecule has 124 valence electrons. The second-order valence-electron chi connectivity index (χ2n) is 5.38. The van der Waals surface area contributed by atoms with Gasteiger partial charge in [-0.1, -0.05) is 18.2 Å². The van der Waals surface area contributed by atoms with Crippen LogP contribution < -0.4 is 10.1 Å². The molecule has 0 spiro atoms. The standard InChI is InChI=1S/C18H18FN3O2/c19-13-7-9-14(10-8-13)24-12-4-3-11-20-18(23)17-15-5-1-2-6-16(15)21-22-17/h1-2,5-10H,3-4,11-12H2,(H,20,23)(H,21,22). The quantitative estimate of drug-likeness (QED) is 0.654. The van der Waals surface area contributed by atoms with Gasteiger partial charge in [0.25, 0.3) is 5.91 Å². The minimum atomic E-state index is -0.282. The van der Waals surface area contributed by atoms with Crippen LogP contribution in [0.1, 0.15) is 23.3 Å². The third kappa shape index (κ3) is 3.90. The number of fused-ring (bicyclic) bond motifs is 1. The molecule has 0 aliphatic carbocycles. The van der Waals surface area contributed by atoms with Crippen molar-refractivity contribution in [1.29, 1.82) is 0 Å². The van der Waals surface area contributed by atoms with Crippen molar-refractivity contribution in [2.45, 2.75) is 12.8 Å². The zero-order valence-corrected chi connectivity index (χ0v) is 13.1. The third-order valence-corrected chi connectivity index (χ3v) is 3.62. The molecule has 2 N–H and O–H groups in total. The van der Waals surface area contributed by atoms with Crippen molar-refractivity contribution in [2.24, 2.45) is 0 Å². The summed E-state index contributed by atoms with van der Waals surface area (Å²) in [6.45, 7) is 1.07. The Bertz CT molecular complexity index is 815. The SMILES string of the molecule is O=C(NCCCCOc1ccc(F)cc1)c1n[nH]c2ccccc12. The zero-order chi connectivity index (χ0) is 16.8. The van der Waals surface area contributed by atoms with E-state index in [2.05, 4.69) is 15.5 Å².